The van der Waals surface area contributed by atoms with Crippen molar-refractivity contribution in [1.82, 2.24) is 24.3 Å². The number of pyridine rings is 1. The number of alkyl halides is 2. The third-order valence-corrected chi connectivity index (χ3v) is 9.59. The number of piperidine rings is 1. The third-order valence-electron chi connectivity index (χ3n) is 9.59. The van der Waals surface area contributed by atoms with Crippen LogP contribution in [0.25, 0.3) is 11.0 Å². The van der Waals surface area contributed by atoms with Gasteiger partial charge in [0.1, 0.15) is 23.5 Å². The van der Waals surface area contributed by atoms with Crippen LogP contribution in [0.4, 0.5) is 25.1 Å². The molecule has 0 aliphatic carbocycles. The number of unbranched alkanes of at least 4 members (excludes halogenated alkanes) is 2. The highest BCUT2D eigenvalue weighted by molar-refractivity contribution is 5.89. The Morgan fingerprint density at radius 3 is 2.53 bits per heavy atom. The monoisotopic (exact) mass is 651 g/mol. The lowest BCUT2D eigenvalue weighted by Gasteiger charge is -2.38. The van der Waals surface area contributed by atoms with E-state index in [0.717, 1.165) is 56.4 Å². The van der Waals surface area contributed by atoms with Gasteiger partial charge in [0, 0.05) is 69.9 Å². The number of halogens is 2. The Bertz CT molecular complexity index is 1600. The topological polar surface area (TPSA) is 107 Å². The maximum Gasteiger partial charge on any atom is 0.407 e. The lowest BCUT2D eigenvalue weighted by atomic mass is 9.86. The first-order chi connectivity index (χ1) is 22.6. The van der Waals surface area contributed by atoms with Crippen LogP contribution in [0.2, 0.25) is 0 Å². The fourth-order valence-electron chi connectivity index (χ4n) is 6.71. The number of fused-ring (bicyclic) bond motifs is 1. The second kappa shape index (κ2) is 15.2. The van der Waals surface area contributed by atoms with E-state index in [0.29, 0.717) is 42.7 Å². The fourth-order valence-corrected chi connectivity index (χ4v) is 6.71. The molecule has 2 N–H and O–H groups in total. The number of hydrogen-bond acceptors (Lipinski definition) is 7. The molecule has 2 aromatic heterocycles. The number of benzene rings is 1. The lowest BCUT2D eigenvalue weighted by molar-refractivity contribution is -0.0836. The molecule has 0 radical (unpaired) electrons. The van der Waals surface area contributed by atoms with Crippen LogP contribution in [0.3, 0.4) is 0 Å². The first-order valence-corrected chi connectivity index (χ1v) is 16.8. The van der Waals surface area contributed by atoms with Crippen molar-refractivity contribution >= 4 is 28.6 Å². The Morgan fingerprint density at radius 2 is 1.85 bits per heavy atom. The molecule has 2 saturated heterocycles. The number of rotatable bonds is 13. The summed E-state index contributed by atoms with van der Waals surface area (Å²) in [5.41, 5.74) is 1.89. The summed E-state index contributed by atoms with van der Waals surface area (Å²) in [7, 11) is 0. The van der Waals surface area contributed by atoms with E-state index in [-0.39, 0.29) is 37.1 Å². The third kappa shape index (κ3) is 7.91. The van der Waals surface area contributed by atoms with E-state index in [1.165, 1.54) is 17.3 Å². The number of carbonyl (C=O) groups is 1. The van der Waals surface area contributed by atoms with Gasteiger partial charge in [0.2, 0.25) is 0 Å². The molecule has 1 amide bonds. The second-order valence-corrected chi connectivity index (χ2v) is 12.9. The minimum atomic E-state index is -3.05. The van der Waals surface area contributed by atoms with E-state index >= 15 is 8.78 Å². The molecule has 0 unspecified atom stereocenters. The van der Waals surface area contributed by atoms with E-state index < -0.39 is 17.9 Å². The maximum absolute atomic E-state index is 15.5. The minimum absolute atomic E-state index is 0.0427. The van der Waals surface area contributed by atoms with Crippen molar-refractivity contribution in [3.05, 3.63) is 70.8 Å². The predicted octanol–water partition coefficient (Wildman–Crippen LogP) is 5.81. The van der Waals surface area contributed by atoms with Crippen LogP contribution in [-0.2, 0) is 18.9 Å². The number of carboxylic acid groups (broad SMARTS) is 1. The average Bonchev–Trinajstić information content (AvgIpc) is 3.07. The average molecular weight is 652 g/mol. The summed E-state index contributed by atoms with van der Waals surface area (Å²) >= 11 is 0. The molecule has 1 aromatic carbocycles. The van der Waals surface area contributed by atoms with Crippen molar-refractivity contribution in [2.24, 2.45) is 5.92 Å². The Hall–Kier alpha value is -4.06. The van der Waals surface area contributed by atoms with Crippen LogP contribution in [0.5, 0.6) is 0 Å². The minimum Gasteiger partial charge on any atom is -0.465 e. The van der Waals surface area contributed by atoms with Crippen LogP contribution in [0.15, 0.2) is 54.1 Å². The van der Waals surface area contributed by atoms with Gasteiger partial charge < -0.3 is 20.2 Å². The molecule has 2 fully saturated rings. The van der Waals surface area contributed by atoms with Crippen LogP contribution in [-0.4, -0.2) is 87.4 Å². The summed E-state index contributed by atoms with van der Waals surface area (Å²) in [5, 5.41) is 13.3. The van der Waals surface area contributed by atoms with Crippen molar-refractivity contribution in [3.8, 4) is 0 Å². The Kier molecular flexibility index (Phi) is 11.1. The molecule has 4 heterocycles. The predicted molar refractivity (Wildman–Crippen MR) is 182 cm³/mol. The van der Waals surface area contributed by atoms with E-state index in [4.69, 9.17) is 0 Å². The smallest absolute Gasteiger partial charge is 0.407 e. The van der Waals surface area contributed by atoms with Crippen molar-refractivity contribution < 1.29 is 18.7 Å². The van der Waals surface area contributed by atoms with E-state index in [2.05, 4.69) is 45.5 Å². The van der Waals surface area contributed by atoms with Crippen molar-refractivity contribution in [3.63, 3.8) is 0 Å². The number of allylic oxidation sites excluding steroid dienone is 1. The number of nitrogens with zero attached hydrogens (tertiary/aromatic N) is 6. The van der Waals surface area contributed by atoms with Crippen LogP contribution < -0.4 is 15.8 Å². The zero-order valence-electron chi connectivity index (χ0n) is 27.5. The molecule has 47 heavy (non-hydrogen) atoms. The molecule has 0 bridgehead atoms. The van der Waals surface area contributed by atoms with Crippen molar-refractivity contribution in [2.75, 3.05) is 56.0 Å². The maximum atomic E-state index is 15.5. The summed E-state index contributed by atoms with van der Waals surface area (Å²) in [6, 6.07) is 8.85. The molecule has 12 heteroatoms. The molecule has 10 nitrogen and oxygen atoms in total. The molecular weight excluding hydrogens is 604 g/mol. The number of anilines is 2. The van der Waals surface area contributed by atoms with Crippen LogP contribution >= 0.6 is 0 Å². The molecule has 0 spiro atoms. The van der Waals surface area contributed by atoms with E-state index in [1.807, 2.05) is 18.2 Å². The molecule has 2 aliphatic heterocycles. The number of aryl methyl sites for hydroxylation is 1. The fraction of sp³-hybridized carbons (Fsp3) is 0.543. The summed E-state index contributed by atoms with van der Waals surface area (Å²) in [5.74, 6) is -3.36. The molecule has 3 aromatic rings. The van der Waals surface area contributed by atoms with E-state index in [1.54, 1.807) is 16.7 Å². The van der Waals surface area contributed by atoms with Crippen LogP contribution in [0, 0.1) is 5.92 Å². The number of nitrogens with one attached hydrogen (secondary N) is 1. The first-order valence-electron chi connectivity index (χ1n) is 16.8. The normalized spacial score (nSPS) is 16.6. The number of likely N-dealkylation sites (tertiary alicyclic amines) is 1. The Labute approximate surface area is 275 Å². The number of amides is 1. The molecule has 0 saturated carbocycles. The van der Waals surface area contributed by atoms with Gasteiger partial charge in [-0.1, -0.05) is 24.3 Å². The Balaban J connectivity index is 1.34. The van der Waals surface area contributed by atoms with Crippen molar-refractivity contribution in [2.45, 2.75) is 70.9 Å². The summed E-state index contributed by atoms with van der Waals surface area (Å²) in [6.07, 6.45) is 5.63. The SMILES string of the molecule is C=CCCCCn1c(=O)c(N2CCN(C(C)C)CC2)cc2c(NCCc3cccc(C(F)(F)C4CCN(C(=O)O)CC4)c3)ncnc21. The largest absolute Gasteiger partial charge is 0.465 e. The van der Waals surface area contributed by atoms with Gasteiger partial charge in [-0.3, -0.25) is 14.3 Å². The van der Waals surface area contributed by atoms with Crippen molar-refractivity contribution in [1.29, 1.82) is 0 Å². The van der Waals surface area contributed by atoms with Gasteiger partial charge in [-0.2, -0.15) is 0 Å². The van der Waals surface area contributed by atoms with E-state index in [9.17, 15) is 14.7 Å². The van der Waals surface area contributed by atoms with Gasteiger partial charge in [0.15, 0.2) is 0 Å². The van der Waals surface area contributed by atoms with Gasteiger partial charge >= 0.3 is 6.09 Å². The van der Waals surface area contributed by atoms with Gasteiger partial charge in [-0.25, -0.2) is 23.5 Å². The molecule has 2 aliphatic rings. The lowest BCUT2D eigenvalue weighted by Crippen LogP contribution is -2.50. The quantitative estimate of drug-likeness (QED) is 0.176. The van der Waals surface area contributed by atoms with Crippen LogP contribution in [0.1, 0.15) is 57.1 Å². The highest BCUT2D eigenvalue weighted by atomic mass is 19.3. The summed E-state index contributed by atoms with van der Waals surface area (Å²) in [4.78, 5) is 39.9. The van der Waals surface area contributed by atoms with Gasteiger partial charge in [0.25, 0.3) is 11.5 Å². The van der Waals surface area contributed by atoms with Gasteiger partial charge in [-0.05, 0) is 70.1 Å². The highest BCUT2D eigenvalue weighted by Crippen LogP contribution is 2.41. The highest BCUT2D eigenvalue weighted by Gasteiger charge is 2.43. The number of hydrogen-bond donors (Lipinski definition) is 2. The second-order valence-electron chi connectivity index (χ2n) is 12.9. The van der Waals surface area contributed by atoms with Gasteiger partial charge in [0.05, 0.1) is 5.39 Å². The standard InChI is InChI=1S/C35H47F2N7O3/c1-4-5-6-7-15-44-32-29(23-30(33(44)45)42-20-18-41(19-21-42)25(2)3)31(39-24-40-32)38-14-11-26-9-8-10-28(22-26)35(36,37)27-12-16-43(17-13-27)34(46)47/h4,8-10,22-25,27H,1,5-7,11-21H2,2-3H3,(H,46,47)(H,38,39,40). The summed E-state index contributed by atoms with van der Waals surface area (Å²) < 4.78 is 32.8. The number of aromatic nitrogens is 3. The Morgan fingerprint density at radius 1 is 1.11 bits per heavy atom. The zero-order chi connectivity index (χ0) is 33.6. The molecular formula is C35H47F2N7O3. The first kappa shape index (κ1) is 34.3. The van der Waals surface area contributed by atoms with Gasteiger partial charge in [-0.15, -0.1) is 6.58 Å². The number of piperazine rings is 1. The summed E-state index contributed by atoms with van der Waals surface area (Å²) in [6.45, 7) is 12.7. The molecule has 5 rings (SSSR count). The molecule has 254 valence electrons. The zero-order valence-corrected chi connectivity index (χ0v) is 27.5. The molecule has 0 atom stereocenters.